The topological polar surface area (TPSA) is 48.1 Å². The van der Waals surface area contributed by atoms with Crippen LogP contribution < -0.4 is 10.5 Å². The molecule has 0 unspecified atom stereocenters. The van der Waals surface area contributed by atoms with Gasteiger partial charge in [-0.05, 0) is 30.3 Å². The number of aromatic nitrogens is 1. The second kappa shape index (κ2) is 5.27. The summed E-state index contributed by atoms with van der Waals surface area (Å²) < 4.78 is 5.87. The fourth-order valence-electron chi connectivity index (χ4n) is 2.00. The van der Waals surface area contributed by atoms with Gasteiger partial charge in [-0.3, -0.25) is 4.98 Å². The summed E-state index contributed by atoms with van der Waals surface area (Å²) in [4.78, 5) is 4.63. The number of nitrogens with two attached hydrogens (primary N) is 1. The van der Waals surface area contributed by atoms with Gasteiger partial charge in [0.15, 0.2) is 0 Å². The minimum Gasteiger partial charge on any atom is -0.457 e. The third kappa shape index (κ3) is 2.46. The van der Waals surface area contributed by atoms with E-state index in [-0.39, 0.29) is 0 Å². The molecule has 98 valence electrons. The van der Waals surface area contributed by atoms with Gasteiger partial charge in [0, 0.05) is 17.6 Å². The van der Waals surface area contributed by atoms with E-state index in [2.05, 4.69) is 4.98 Å². The van der Waals surface area contributed by atoms with Crippen LogP contribution in [0.4, 0.5) is 0 Å². The lowest BCUT2D eigenvalue weighted by Gasteiger charge is -2.10. The van der Waals surface area contributed by atoms with E-state index in [9.17, 15) is 0 Å². The Labute approximate surface area is 122 Å². The van der Waals surface area contributed by atoms with E-state index in [4.69, 9.17) is 22.7 Å². The van der Waals surface area contributed by atoms with Gasteiger partial charge in [-0.1, -0.05) is 30.4 Å². The summed E-state index contributed by atoms with van der Waals surface area (Å²) in [6.45, 7) is 0. The highest BCUT2D eigenvalue weighted by Gasteiger charge is 2.07. The Morgan fingerprint density at radius 1 is 1.05 bits per heavy atom. The van der Waals surface area contributed by atoms with E-state index in [1.807, 2.05) is 54.6 Å². The molecular weight excluding hydrogens is 268 g/mol. The van der Waals surface area contributed by atoms with Crippen molar-refractivity contribution in [2.45, 2.75) is 0 Å². The minimum atomic E-state index is 0.319. The molecule has 0 fully saturated rings. The zero-order chi connectivity index (χ0) is 13.9. The van der Waals surface area contributed by atoms with Crippen LogP contribution in [-0.4, -0.2) is 9.97 Å². The molecule has 3 aromatic rings. The fourth-order valence-corrected chi connectivity index (χ4v) is 2.16. The van der Waals surface area contributed by atoms with Crippen LogP contribution in [0, 0.1) is 0 Å². The summed E-state index contributed by atoms with van der Waals surface area (Å²) in [5, 5.41) is 1.07. The van der Waals surface area contributed by atoms with Gasteiger partial charge in [-0.25, -0.2) is 0 Å². The quantitative estimate of drug-likeness (QED) is 0.744. The third-order valence-corrected chi connectivity index (χ3v) is 3.18. The smallest absolute Gasteiger partial charge is 0.137 e. The van der Waals surface area contributed by atoms with Crippen LogP contribution in [0.15, 0.2) is 60.8 Å². The van der Waals surface area contributed by atoms with Crippen molar-refractivity contribution >= 4 is 28.1 Å². The predicted octanol–water partition coefficient (Wildman–Crippen LogP) is 3.66. The zero-order valence-electron chi connectivity index (χ0n) is 10.6. The van der Waals surface area contributed by atoms with E-state index in [1.165, 1.54) is 0 Å². The van der Waals surface area contributed by atoms with Crippen molar-refractivity contribution in [1.29, 1.82) is 0 Å². The Morgan fingerprint density at radius 2 is 1.90 bits per heavy atom. The Hall–Kier alpha value is -2.46. The molecule has 0 amide bonds. The molecule has 0 aliphatic carbocycles. The number of hydrogen-bond donors (Lipinski definition) is 1. The number of ether oxygens (including phenoxy) is 1. The molecule has 0 bridgehead atoms. The van der Waals surface area contributed by atoms with Crippen molar-refractivity contribution in [2.24, 2.45) is 5.73 Å². The molecule has 0 atom stereocenters. The summed E-state index contributed by atoms with van der Waals surface area (Å²) in [5.41, 5.74) is 7.31. The standard InChI is InChI=1S/C16H12N2OS/c17-16(20)13-5-1-2-6-15(13)19-12-8-7-11-4-3-9-18-14(11)10-12/h1-10H,(H2,17,20). The molecule has 0 radical (unpaired) electrons. The maximum Gasteiger partial charge on any atom is 0.137 e. The van der Waals surface area contributed by atoms with E-state index in [0.717, 1.165) is 16.5 Å². The van der Waals surface area contributed by atoms with E-state index < -0.39 is 0 Å². The van der Waals surface area contributed by atoms with Crippen molar-refractivity contribution in [2.75, 3.05) is 0 Å². The molecule has 2 N–H and O–H groups in total. The lowest BCUT2D eigenvalue weighted by Crippen LogP contribution is -2.10. The summed E-state index contributed by atoms with van der Waals surface area (Å²) in [5.74, 6) is 1.36. The number of nitrogens with zero attached hydrogens (tertiary/aromatic N) is 1. The molecule has 0 spiro atoms. The first-order valence-electron chi connectivity index (χ1n) is 6.15. The minimum absolute atomic E-state index is 0.319. The first kappa shape index (κ1) is 12.6. The monoisotopic (exact) mass is 280 g/mol. The van der Waals surface area contributed by atoms with Crippen molar-refractivity contribution < 1.29 is 4.74 Å². The van der Waals surface area contributed by atoms with Crippen molar-refractivity contribution in [3.05, 3.63) is 66.4 Å². The Kier molecular flexibility index (Phi) is 3.31. The lowest BCUT2D eigenvalue weighted by molar-refractivity contribution is 0.482. The highest BCUT2D eigenvalue weighted by molar-refractivity contribution is 7.80. The molecule has 0 aliphatic rings. The molecule has 0 aliphatic heterocycles. The number of rotatable bonds is 3. The van der Waals surface area contributed by atoms with Gasteiger partial charge in [0.2, 0.25) is 0 Å². The van der Waals surface area contributed by atoms with Crippen molar-refractivity contribution in [3.63, 3.8) is 0 Å². The molecule has 3 nitrogen and oxygen atoms in total. The number of benzene rings is 2. The van der Waals surface area contributed by atoms with E-state index >= 15 is 0 Å². The van der Waals surface area contributed by atoms with Crippen LogP contribution in [0.5, 0.6) is 11.5 Å². The molecule has 0 saturated carbocycles. The Balaban J connectivity index is 1.99. The number of hydrogen-bond acceptors (Lipinski definition) is 3. The van der Waals surface area contributed by atoms with Gasteiger partial charge in [-0.15, -0.1) is 0 Å². The summed E-state index contributed by atoms with van der Waals surface area (Å²) in [6.07, 6.45) is 1.76. The van der Waals surface area contributed by atoms with Crippen LogP contribution >= 0.6 is 12.2 Å². The van der Waals surface area contributed by atoms with Gasteiger partial charge < -0.3 is 10.5 Å². The van der Waals surface area contributed by atoms with Crippen LogP contribution in [0.1, 0.15) is 5.56 Å². The predicted molar refractivity (Wildman–Crippen MR) is 84.1 cm³/mol. The van der Waals surface area contributed by atoms with Gasteiger partial charge >= 0.3 is 0 Å². The number of pyridine rings is 1. The second-order valence-corrected chi connectivity index (χ2v) is 4.76. The normalized spacial score (nSPS) is 10.4. The first-order chi connectivity index (χ1) is 9.74. The Bertz CT molecular complexity index is 786. The van der Waals surface area contributed by atoms with Crippen molar-refractivity contribution in [1.82, 2.24) is 4.98 Å². The average Bonchev–Trinajstić information content (AvgIpc) is 2.47. The van der Waals surface area contributed by atoms with Gasteiger partial charge in [-0.2, -0.15) is 0 Å². The first-order valence-corrected chi connectivity index (χ1v) is 6.56. The molecule has 1 aromatic heterocycles. The molecule has 20 heavy (non-hydrogen) atoms. The lowest BCUT2D eigenvalue weighted by atomic mass is 10.2. The van der Waals surface area contributed by atoms with Gasteiger partial charge in [0.1, 0.15) is 16.5 Å². The third-order valence-electron chi connectivity index (χ3n) is 2.96. The molecular formula is C16H12N2OS. The highest BCUT2D eigenvalue weighted by atomic mass is 32.1. The maximum atomic E-state index is 5.87. The largest absolute Gasteiger partial charge is 0.457 e. The van der Waals surface area contributed by atoms with Gasteiger partial charge in [0.25, 0.3) is 0 Å². The SMILES string of the molecule is NC(=S)c1ccccc1Oc1ccc2cccnc2c1. The molecule has 2 aromatic carbocycles. The van der Waals surface area contributed by atoms with Crippen LogP contribution in [0.3, 0.4) is 0 Å². The van der Waals surface area contributed by atoms with E-state index in [1.54, 1.807) is 6.20 Å². The number of thiocarbonyl (C=S) groups is 1. The summed E-state index contributed by atoms with van der Waals surface area (Å²) >= 11 is 5.03. The van der Waals surface area contributed by atoms with Crippen LogP contribution in [0.25, 0.3) is 10.9 Å². The zero-order valence-corrected chi connectivity index (χ0v) is 11.4. The Morgan fingerprint density at radius 3 is 2.75 bits per heavy atom. The van der Waals surface area contributed by atoms with Gasteiger partial charge in [0.05, 0.1) is 11.1 Å². The van der Waals surface area contributed by atoms with Crippen molar-refractivity contribution in [3.8, 4) is 11.5 Å². The average molecular weight is 280 g/mol. The second-order valence-electron chi connectivity index (χ2n) is 4.32. The summed E-state index contributed by atoms with van der Waals surface area (Å²) in [6, 6.07) is 17.1. The fraction of sp³-hybridized carbons (Fsp3) is 0. The van der Waals surface area contributed by atoms with Crippen LogP contribution in [-0.2, 0) is 0 Å². The molecule has 3 rings (SSSR count). The number of fused-ring (bicyclic) bond motifs is 1. The van der Waals surface area contributed by atoms with Crippen LogP contribution in [0.2, 0.25) is 0 Å². The summed E-state index contributed by atoms with van der Waals surface area (Å²) in [7, 11) is 0. The molecule has 1 heterocycles. The highest BCUT2D eigenvalue weighted by Crippen LogP contribution is 2.27. The maximum absolute atomic E-state index is 5.87. The molecule has 0 saturated heterocycles. The number of para-hydroxylation sites is 1. The van der Waals surface area contributed by atoms with E-state index in [0.29, 0.717) is 16.5 Å². The molecule has 4 heteroatoms.